The molecule has 0 aliphatic carbocycles. The summed E-state index contributed by atoms with van der Waals surface area (Å²) in [5.74, 6) is 0.742. The van der Waals surface area contributed by atoms with E-state index in [1.165, 1.54) is 42.1 Å². The van der Waals surface area contributed by atoms with E-state index in [0.717, 1.165) is 0 Å². The molecule has 0 bridgehead atoms. The lowest BCUT2D eigenvalue weighted by molar-refractivity contribution is 0.102. The fraction of sp³-hybridized carbons (Fsp3) is 0.0741. The van der Waals surface area contributed by atoms with E-state index < -0.39 is 17.3 Å². The summed E-state index contributed by atoms with van der Waals surface area (Å²) in [5.41, 5.74) is 1.33. The van der Waals surface area contributed by atoms with Crippen LogP contribution in [0.3, 0.4) is 0 Å². The Morgan fingerprint density at radius 1 is 0.973 bits per heavy atom. The van der Waals surface area contributed by atoms with Gasteiger partial charge in [-0.05, 0) is 61.5 Å². The SMILES string of the molecule is COc1ccc2nccc(Oc3ccc(NC(=O)c4cnc(C)n(-c5ccc(F)cc5)c4=O)cc3)c2n1. The first kappa shape index (κ1) is 23.6. The summed E-state index contributed by atoms with van der Waals surface area (Å²) in [6, 6.07) is 17.2. The maximum absolute atomic E-state index is 13.3. The first-order valence-corrected chi connectivity index (χ1v) is 11.2. The van der Waals surface area contributed by atoms with Crippen molar-refractivity contribution in [3.8, 4) is 23.1 Å². The van der Waals surface area contributed by atoms with Gasteiger partial charge in [0.1, 0.15) is 28.5 Å². The molecule has 0 saturated carbocycles. The lowest BCUT2D eigenvalue weighted by Crippen LogP contribution is -2.30. The number of benzene rings is 2. The molecule has 0 aliphatic heterocycles. The molecule has 184 valence electrons. The molecule has 0 spiro atoms. The molecule has 37 heavy (non-hydrogen) atoms. The Bertz CT molecular complexity index is 1670. The molecule has 0 unspecified atom stereocenters. The molecule has 10 heteroatoms. The Kier molecular flexibility index (Phi) is 6.29. The fourth-order valence-electron chi connectivity index (χ4n) is 3.70. The molecule has 0 atom stereocenters. The molecule has 9 nitrogen and oxygen atoms in total. The van der Waals surface area contributed by atoms with Crippen molar-refractivity contribution in [1.82, 2.24) is 19.5 Å². The Hall–Kier alpha value is -5.12. The smallest absolute Gasteiger partial charge is 0.270 e. The highest BCUT2D eigenvalue weighted by molar-refractivity contribution is 6.03. The molecular weight excluding hydrogens is 477 g/mol. The summed E-state index contributed by atoms with van der Waals surface area (Å²) in [4.78, 5) is 38.8. The second-order valence-electron chi connectivity index (χ2n) is 7.95. The number of carbonyl (C=O) groups excluding carboxylic acids is 1. The number of anilines is 1. The zero-order valence-electron chi connectivity index (χ0n) is 19.8. The first-order chi connectivity index (χ1) is 17.9. The van der Waals surface area contributed by atoms with E-state index in [0.29, 0.717) is 45.6 Å². The van der Waals surface area contributed by atoms with Crippen LogP contribution < -0.4 is 20.3 Å². The van der Waals surface area contributed by atoms with Crippen molar-refractivity contribution in [2.75, 3.05) is 12.4 Å². The van der Waals surface area contributed by atoms with Crippen LogP contribution in [0.5, 0.6) is 17.4 Å². The van der Waals surface area contributed by atoms with E-state index in [1.807, 2.05) is 0 Å². The minimum atomic E-state index is -0.626. The molecule has 5 rings (SSSR count). The molecule has 0 saturated heterocycles. The zero-order chi connectivity index (χ0) is 25.9. The third kappa shape index (κ3) is 4.85. The van der Waals surface area contributed by atoms with Gasteiger partial charge in [0.2, 0.25) is 5.88 Å². The van der Waals surface area contributed by atoms with Gasteiger partial charge >= 0.3 is 0 Å². The number of hydrogen-bond donors (Lipinski definition) is 1. The van der Waals surface area contributed by atoms with Crippen molar-refractivity contribution in [2.45, 2.75) is 6.92 Å². The highest BCUT2D eigenvalue weighted by atomic mass is 19.1. The number of aryl methyl sites for hydroxylation is 1. The van der Waals surface area contributed by atoms with Gasteiger partial charge < -0.3 is 14.8 Å². The zero-order valence-corrected chi connectivity index (χ0v) is 19.8. The predicted molar refractivity (Wildman–Crippen MR) is 135 cm³/mol. The lowest BCUT2D eigenvalue weighted by Gasteiger charge is -2.12. The number of nitrogens with zero attached hydrogens (tertiary/aromatic N) is 4. The molecule has 0 radical (unpaired) electrons. The van der Waals surface area contributed by atoms with Gasteiger partial charge in [0.05, 0.1) is 18.3 Å². The third-order valence-corrected chi connectivity index (χ3v) is 5.54. The minimum Gasteiger partial charge on any atom is -0.481 e. The predicted octanol–water partition coefficient (Wildman–Crippen LogP) is 4.68. The summed E-state index contributed by atoms with van der Waals surface area (Å²) in [7, 11) is 1.53. The first-order valence-electron chi connectivity index (χ1n) is 11.2. The lowest BCUT2D eigenvalue weighted by atomic mass is 10.2. The number of rotatable bonds is 6. The number of carbonyl (C=O) groups is 1. The van der Waals surface area contributed by atoms with Gasteiger partial charge in [-0.1, -0.05) is 0 Å². The van der Waals surface area contributed by atoms with Gasteiger partial charge in [-0.3, -0.25) is 19.1 Å². The van der Waals surface area contributed by atoms with Gasteiger partial charge in [0, 0.05) is 30.2 Å². The van der Waals surface area contributed by atoms with Crippen LogP contribution in [0.15, 0.2) is 83.9 Å². The molecule has 3 aromatic heterocycles. The molecule has 0 aliphatic rings. The number of methoxy groups -OCH3 is 1. The quantitative estimate of drug-likeness (QED) is 0.363. The fourth-order valence-corrected chi connectivity index (χ4v) is 3.70. The van der Waals surface area contributed by atoms with Crippen LogP contribution in [0.25, 0.3) is 16.7 Å². The molecule has 1 N–H and O–H groups in total. The molecule has 3 heterocycles. The summed E-state index contributed by atoms with van der Waals surface area (Å²) < 4.78 is 25.7. The van der Waals surface area contributed by atoms with E-state index in [-0.39, 0.29) is 5.56 Å². The van der Waals surface area contributed by atoms with Crippen molar-refractivity contribution < 1.29 is 18.7 Å². The van der Waals surface area contributed by atoms with Gasteiger partial charge in [0.25, 0.3) is 11.5 Å². The van der Waals surface area contributed by atoms with Crippen molar-refractivity contribution >= 4 is 22.6 Å². The standard InChI is InChI=1S/C27H20FN5O4/c1-16-30-15-21(27(35)33(16)19-7-3-17(28)4-8-19)26(34)31-18-5-9-20(10-6-18)37-23-13-14-29-22-11-12-24(36-2)32-25(22)23/h3-15H,1-2H3,(H,31,34). The van der Waals surface area contributed by atoms with Crippen LogP contribution >= 0.6 is 0 Å². The largest absolute Gasteiger partial charge is 0.481 e. The number of ether oxygens (including phenoxy) is 2. The number of aromatic nitrogens is 4. The number of pyridine rings is 2. The Morgan fingerprint density at radius 2 is 1.73 bits per heavy atom. The van der Waals surface area contributed by atoms with Crippen molar-refractivity contribution in [3.63, 3.8) is 0 Å². The number of nitrogens with one attached hydrogen (secondary N) is 1. The van der Waals surface area contributed by atoms with Gasteiger partial charge in [-0.15, -0.1) is 0 Å². The van der Waals surface area contributed by atoms with Crippen molar-refractivity contribution in [3.05, 3.63) is 107 Å². The van der Waals surface area contributed by atoms with Gasteiger partial charge in [-0.25, -0.2) is 14.4 Å². The monoisotopic (exact) mass is 497 g/mol. The molecule has 5 aromatic rings. The van der Waals surface area contributed by atoms with Crippen LogP contribution in [-0.4, -0.2) is 32.5 Å². The maximum atomic E-state index is 13.3. The van der Waals surface area contributed by atoms with Crippen molar-refractivity contribution in [2.24, 2.45) is 0 Å². The van der Waals surface area contributed by atoms with E-state index in [1.54, 1.807) is 55.6 Å². The molecule has 0 fully saturated rings. The average Bonchev–Trinajstić information content (AvgIpc) is 2.91. The Morgan fingerprint density at radius 3 is 2.46 bits per heavy atom. The van der Waals surface area contributed by atoms with Crippen LogP contribution in [-0.2, 0) is 0 Å². The third-order valence-electron chi connectivity index (χ3n) is 5.54. The number of fused-ring (bicyclic) bond motifs is 1. The van der Waals surface area contributed by atoms with Crippen LogP contribution in [0.1, 0.15) is 16.2 Å². The summed E-state index contributed by atoms with van der Waals surface area (Å²) in [6.45, 7) is 1.63. The maximum Gasteiger partial charge on any atom is 0.270 e. The highest BCUT2D eigenvalue weighted by Gasteiger charge is 2.16. The second kappa shape index (κ2) is 9.86. The average molecular weight is 497 g/mol. The Balaban J connectivity index is 1.35. The van der Waals surface area contributed by atoms with E-state index in [9.17, 15) is 14.0 Å². The minimum absolute atomic E-state index is 0.154. The molecule has 1 amide bonds. The normalized spacial score (nSPS) is 10.8. The van der Waals surface area contributed by atoms with Gasteiger partial charge in [-0.2, -0.15) is 0 Å². The summed E-state index contributed by atoms with van der Waals surface area (Å²) >= 11 is 0. The van der Waals surface area contributed by atoms with E-state index >= 15 is 0 Å². The van der Waals surface area contributed by atoms with Crippen LogP contribution in [0.4, 0.5) is 10.1 Å². The molecular formula is C27H20FN5O4. The highest BCUT2D eigenvalue weighted by Crippen LogP contribution is 2.29. The van der Waals surface area contributed by atoms with Crippen LogP contribution in [0, 0.1) is 12.7 Å². The summed E-state index contributed by atoms with van der Waals surface area (Å²) in [6.07, 6.45) is 2.84. The second-order valence-corrected chi connectivity index (χ2v) is 7.95. The Labute approximate surface area is 210 Å². The molecule has 2 aromatic carbocycles. The van der Waals surface area contributed by atoms with Gasteiger partial charge in [0.15, 0.2) is 5.75 Å². The number of halogens is 1. The van der Waals surface area contributed by atoms with E-state index in [4.69, 9.17) is 9.47 Å². The topological polar surface area (TPSA) is 108 Å². The number of amides is 1. The van der Waals surface area contributed by atoms with Crippen LogP contribution in [0.2, 0.25) is 0 Å². The van der Waals surface area contributed by atoms with E-state index in [2.05, 4.69) is 20.3 Å². The number of hydrogen-bond acceptors (Lipinski definition) is 7. The summed E-state index contributed by atoms with van der Waals surface area (Å²) in [5, 5.41) is 2.70. The van der Waals surface area contributed by atoms with Crippen molar-refractivity contribution in [1.29, 1.82) is 0 Å².